The maximum Gasteiger partial charge on any atom is 0.408 e. The van der Waals surface area contributed by atoms with Crippen LogP contribution in [-0.4, -0.2) is 98.7 Å². The van der Waals surface area contributed by atoms with Crippen LogP contribution < -0.4 is 31.9 Å². The quantitative estimate of drug-likeness (QED) is 0.0925. The number of nitrogens with one attached hydrogen (secondary N) is 7. The molecule has 2 aromatic rings. The van der Waals surface area contributed by atoms with E-state index in [2.05, 4.69) is 41.9 Å². The Morgan fingerprint density at radius 2 is 1.55 bits per heavy atom. The minimum absolute atomic E-state index is 0.0177. The lowest BCUT2D eigenvalue weighted by Crippen LogP contribution is -2.58. The van der Waals surface area contributed by atoms with Crippen molar-refractivity contribution in [3.8, 4) is 0 Å². The molecule has 1 aromatic heterocycles. The van der Waals surface area contributed by atoms with Gasteiger partial charge in [-0.3, -0.25) is 24.0 Å². The van der Waals surface area contributed by atoms with Gasteiger partial charge in [0.05, 0.1) is 36.6 Å². The summed E-state index contributed by atoms with van der Waals surface area (Å²) in [4.78, 5) is 87.2. The van der Waals surface area contributed by atoms with Crippen molar-refractivity contribution in [3.63, 3.8) is 0 Å². The summed E-state index contributed by atoms with van der Waals surface area (Å²) in [5.74, 6) is -2.41. The third-order valence-corrected chi connectivity index (χ3v) is 9.91. The van der Waals surface area contributed by atoms with E-state index in [9.17, 15) is 33.9 Å². The first-order valence-electron chi connectivity index (χ1n) is 20.4. The van der Waals surface area contributed by atoms with Crippen molar-refractivity contribution in [1.29, 1.82) is 0 Å². The maximum atomic E-state index is 14.1. The molecule has 3 rings (SSSR count). The average molecular weight is 811 g/mol. The van der Waals surface area contributed by atoms with E-state index in [-0.39, 0.29) is 49.5 Å². The maximum absolute atomic E-state index is 14.1. The molecule has 6 amide bonds. The van der Waals surface area contributed by atoms with E-state index in [1.54, 1.807) is 27.0 Å². The SMILES string of the molecule is CC[C@H](C)[C@H](NC(=O)C[C@H](O)[C@H](CC(C)C)NC(=O)[C@H](Cc1c[nH]cn1)NC(=O)[C@H](Cc1ccccc1)NC(=O)OC(C)(C)C)C(=O)N[C@@H]1CC(=O)N[C@H]1CC(C)C. The van der Waals surface area contributed by atoms with Gasteiger partial charge in [0.25, 0.3) is 0 Å². The smallest absolute Gasteiger partial charge is 0.408 e. The third kappa shape index (κ3) is 16.1. The van der Waals surface area contributed by atoms with E-state index >= 15 is 0 Å². The minimum Gasteiger partial charge on any atom is -0.444 e. The lowest BCUT2D eigenvalue weighted by molar-refractivity contribution is -0.133. The lowest BCUT2D eigenvalue weighted by atomic mass is 9.94. The number of aromatic amines is 1. The van der Waals surface area contributed by atoms with Gasteiger partial charge in [0.1, 0.15) is 23.7 Å². The second kappa shape index (κ2) is 22.2. The Balaban J connectivity index is 1.78. The molecule has 8 N–H and O–H groups in total. The van der Waals surface area contributed by atoms with Gasteiger partial charge in [0.15, 0.2) is 0 Å². The molecule has 0 spiro atoms. The van der Waals surface area contributed by atoms with Crippen molar-refractivity contribution in [2.75, 3.05) is 0 Å². The van der Waals surface area contributed by atoms with E-state index < -0.39 is 78.1 Å². The number of carbonyl (C=O) groups is 6. The molecule has 1 aromatic carbocycles. The number of nitrogens with zero attached hydrogens (tertiary/aromatic N) is 1. The van der Waals surface area contributed by atoms with Crippen LogP contribution in [0.15, 0.2) is 42.9 Å². The normalized spacial score (nSPS) is 18.6. The van der Waals surface area contributed by atoms with Crippen LogP contribution in [-0.2, 0) is 41.6 Å². The number of carbonyl (C=O) groups excluding carboxylic acids is 6. The highest BCUT2D eigenvalue weighted by Crippen LogP contribution is 2.19. The second-order valence-corrected chi connectivity index (χ2v) is 17.3. The van der Waals surface area contributed by atoms with Crippen molar-refractivity contribution >= 4 is 35.6 Å². The summed E-state index contributed by atoms with van der Waals surface area (Å²) in [6.45, 7) is 16.7. The molecule has 1 aliphatic heterocycles. The molecular weight excluding hydrogens is 745 g/mol. The summed E-state index contributed by atoms with van der Waals surface area (Å²) in [6.07, 6.45) is 2.23. The highest BCUT2D eigenvalue weighted by molar-refractivity contribution is 5.92. The van der Waals surface area contributed by atoms with Gasteiger partial charge in [-0.1, -0.05) is 78.3 Å². The fraction of sp³-hybridized carbons (Fsp3) is 0.643. The van der Waals surface area contributed by atoms with Gasteiger partial charge < -0.3 is 46.7 Å². The molecule has 0 saturated carbocycles. The summed E-state index contributed by atoms with van der Waals surface area (Å²) in [7, 11) is 0. The monoisotopic (exact) mass is 811 g/mol. The number of aromatic nitrogens is 2. The van der Waals surface area contributed by atoms with Crippen LogP contribution in [0.1, 0.15) is 106 Å². The molecule has 1 fully saturated rings. The van der Waals surface area contributed by atoms with Crippen LogP contribution >= 0.6 is 0 Å². The van der Waals surface area contributed by atoms with Crippen molar-refractivity contribution in [2.45, 2.75) is 155 Å². The first-order chi connectivity index (χ1) is 27.2. The molecule has 0 radical (unpaired) electrons. The zero-order valence-corrected chi connectivity index (χ0v) is 35.5. The van der Waals surface area contributed by atoms with E-state index in [4.69, 9.17) is 4.74 Å². The van der Waals surface area contributed by atoms with E-state index in [0.717, 1.165) is 5.56 Å². The molecule has 58 heavy (non-hydrogen) atoms. The van der Waals surface area contributed by atoms with Crippen molar-refractivity contribution in [3.05, 3.63) is 54.1 Å². The largest absolute Gasteiger partial charge is 0.444 e. The topological polar surface area (TPSA) is 233 Å². The Morgan fingerprint density at radius 3 is 2.14 bits per heavy atom. The molecule has 322 valence electrons. The number of alkyl carbamates (subject to hydrolysis) is 1. The summed E-state index contributed by atoms with van der Waals surface area (Å²) in [5.41, 5.74) is 0.416. The number of amides is 6. The van der Waals surface area contributed by atoms with E-state index in [0.29, 0.717) is 24.5 Å². The fourth-order valence-electron chi connectivity index (χ4n) is 6.84. The molecule has 1 saturated heterocycles. The number of hydrogen-bond acceptors (Lipinski definition) is 9. The van der Waals surface area contributed by atoms with Gasteiger partial charge >= 0.3 is 6.09 Å². The highest BCUT2D eigenvalue weighted by atomic mass is 16.6. The molecule has 8 atom stereocenters. The molecular formula is C42H66N8O8. The number of ether oxygens (including phenoxy) is 1. The second-order valence-electron chi connectivity index (χ2n) is 17.3. The van der Waals surface area contributed by atoms with Gasteiger partial charge in [-0.15, -0.1) is 0 Å². The molecule has 0 unspecified atom stereocenters. The predicted octanol–water partition coefficient (Wildman–Crippen LogP) is 2.81. The predicted molar refractivity (Wildman–Crippen MR) is 219 cm³/mol. The molecule has 16 heteroatoms. The van der Waals surface area contributed by atoms with Crippen molar-refractivity contribution in [1.82, 2.24) is 41.9 Å². The third-order valence-electron chi connectivity index (χ3n) is 9.91. The minimum atomic E-state index is -1.36. The van der Waals surface area contributed by atoms with Crippen LogP contribution in [0.5, 0.6) is 0 Å². The number of imidazole rings is 1. The fourth-order valence-corrected chi connectivity index (χ4v) is 6.84. The highest BCUT2D eigenvalue weighted by Gasteiger charge is 2.37. The number of benzene rings is 1. The number of aliphatic hydroxyl groups excluding tert-OH is 1. The molecule has 16 nitrogen and oxygen atoms in total. The summed E-state index contributed by atoms with van der Waals surface area (Å²) in [6, 6.07) is 4.29. The van der Waals surface area contributed by atoms with Gasteiger partial charge in [0.2, 0.25) is 29.5 Å². The van der Waals surface area contributed by atoms with Crippen LogP contribution in [0.4, 0.5) is 4.79 Å². The molecule has 0 bridgehead atoms. The summed E-state index contributed by atoms with van der Waals surface area (Å²) in [5, 5.41) is 28.5. The van der Waals surface area contributed by atoms with Crippen LogP contribution in [0, 0.1) is 17.8 Å². The average Bonchev–Trinajstić information content (AvgIpc) is 3.76. The summed E-state index contributed by atoms with van der Waals surface area (Å²) >= 11 is 0. The first-order valence-corrected chi connectivity index (χ1v) is 20.4. The Bertz CT molecular complexity index is 1650. The van der Waals surface area contributed by atoms with Crippen LogP contribution in [0.2, 0.25) is 0 Å². The van der Waals surface area contributed by atoms with E-state index in [1.165, 1.54) is 6.33 Å². The zero-order chi connectivity index (χ0) is 43.2. The standard InChI is InChI=1S/C42H66N8O8/c1-10-26(6)37(40(56)46-30-20-35(52)45-29(30)16-24(2)3)50-36(53)21-34(51)31(17-25(4)5)47-39(55)33(19-28-22-43-23-44-28)48-38(54)32(18-27-14-12-11-13-15-27)49-41(57)58-42(7,8)9/h11-15,22-26,29-34,37,51H,10,16-21H2,1-9H3,(H,43,44)(H,45,52)(H,46,56)(H,47,55)(H,48,54)(H,49,57)(H,50,53)/t26-,29-,30+,31-,32-,33-,34-,37-/m0/s1. The Hall–Kier alpha value is -4.99. The van der Waals surface area contributed by atoms with Gasteiger partial charge in [-0.2, -0.15) is 0 Å². The van der Waals surface area contributed by atoms with E-state index in [1.807, 2.05) is 71.9 Å². The Morgan fingerprint density at radius 1 is 0.897 bits per heavy atom. The first kappa shape index (κ1) is 47.4. The van der Waals surface area contributed by atoms with Gasteiger partial charge in [-0.25, -0.2) is 9.78 Å². The summed E-state index contributed by atoms with van der Waals surface area (Å²) < 4.78 is 5.43. The molecule has 0 aliphatic carbocycles. The van der Waals surface area contributed by atoms with Crippen molar-refractivity contribution in [2.24, 2.45) is 17.8 Å². The number of H-pyrrole nitrogens is 1. The zero-order valence-electron chi connectivity index (χ0n) is 35.5. The van der Waals surface area contributed by atoms with Crippen molar-refractivity contribution < 1.29 is 38.6 Å². The molecule has 1 aliphatic rings. The van der Waals surface area contributed by atoms with Crippen LogP contribution in [0.3, 0.4) is 0 Å². The van der Waals surface area contributed by atoms with Gasteiger partial charge in [0, 0.05) is 31.5 Å². The number of hydrogen-bond donors (Lipinski definition) is 8. The number of rotatable bonds is 21. The van der Waals surface area contributed by atoms with Crippen LogP contribution in [0.25, 0.3) is 0 Å². The number of aliphatic hydroxyl groups is 1. The Kier molecular flexibility index (Phi) is 18.2. The van der Waals surface area contributed by atoms with Gasteiger partial charge in [-0.05, 0) is 56.9 Å². The lowest BCUT2D eigenvalue weighted by Gasteiger charge is -2.30. The molecule has 2 heterocycles. The Labute approximate surface area is 342 Å².